The van der Waals surface area contributed by atoms with Gasteiger partial charge >= 0.3 is 5.97 Å². The summed E-state index contributed by atoms with van der Waals surface area (Å²) in [5.74, 6) is 0.658. The Morgan fingerprint density at radius 3 is 2.39 bits per heavy atom. The highest BCUT2D eigenvalue weighted by Gasteiger charge is 2.44. The predicted octanol–water partition coefficient (Wildman–Crippen LogP) is 7.11. The third kappa shape index (κ3) is 12.2. The van der Waals surface area contributed by atoms with E-state index in [-0.39, 0.29) is 37.9 Å². The summed E-state index contributed by atoms with van der Waals surface area (Å²) < 4.78 is 50.1. The zero-order valence-electron chi connectivity index (χ0n) is 43.2. The van der Waals surface area contributed by atoms with Crippen LogP contribution in [0.3, 0.4) is 0 Å². The van der Waals surface area contributed by atoms with Gasteiger partial charge in [0.15, 0.2) is 12.1 Å². The lowest BCUT2D eigenvalue weighted by Gasteiger charge is -2.39. The molecule has 4 aromatic carbocycles. The Balaban J connectivity index is 0.971. The maximum Gasteiger partial charge on any atom is 0.347 e. The van der Waals surface area contributed by atoms with Crippen molar-refractivity contribution in [3.8, 4) is 50.3 Å². The standard InChI is InChI=1S/C57H61ClFN7O10S/c1-5-72-56(70)44-27-38-26-34(6-17-43(38)74-30-40-18-19-60-53(63-40)36-9-14-41(15-10-36)73-31-45-49(67)50(68)51(69)57(71-4)76-45)28-66(25-24-65-22-20-64(3)21-23-65)29-37-11-16-42(33(2)48(37)58)46-47-54(75-44)61-32-62-55(47)77-52(46)35-7-12-39(59)13-8-35/h6-19,26,32,44-45,49-51,57,67-69H,5,20-25,27-31H2,1-4H3/t44-,45-,49-,50+,51-,57+/m1/s1. The highest BCUT2D eigenvalue weighted by molar-refractivity contribution is 7.22. The molecule has 2 saturated heterocycles. The SMILES string of the molecule is CCOC(=O)[C@H]1Cc2cc(ccc2OCc2ccnc(-c3ccc(OC[C@H]4O[C@H](OC)[C@H](O)[C@@H](O)[C@@H]4O)cc3)n2)CN(CCN2CCN(C)CC2)Cc2ccc(c(C)c2Cl)-c2c(-c3ccc(F)cc3)sc3ncnc(c23)O1. The van der Waals surface area contributed by atoms with Crippen LogP contribution in [0.15, 0.2) is 97.5 Å². The number of halogens is 2. The number of aliphatic hydroxyl groups excluding tert-OH is 3. The maximum absolute atomic E-state index is 14.4. The van der Waals surface area contributed by atoms with Crippen LogP contribution in [0.2, 0.25) is 5.02 Å². The number of methoxy groups -OCH3 is 1. The Morgan fingerprint density at radius 2 is 1.62 bits per heavy atom. The second-order valence-electron chi connectivity index (χ2n) is 19.5. The van der Waals surface area contributed by atoms with Crippen LogP contribution in [-0.4, -0.2) is 159 Å². The normalized spacial score (nSPS) is 21.5. The highest BCUT2D eigenvalue weighted by Crippen LogP contribution is 2.49. The number of nitrogens with zero attached hydrogens (tertiary/aromatic N) is 7. The van der Waals surface area contributed by atoms with E-state index in [1.54, 1.807) is 55.6 Å². The van der Waals surface area contributed by atoms with Crippen molar-refractivity contribution in [3.05, 3.63) is 136 Å². The van der Waals surface area contributed by atoms with Gasteiger partial charge < -0.3 is 48.6 Å². The number of thiophene rings is 1. The first-order valence-corrected chi connectivity index (χ1v) is 26.8. The number of ether oxygens (including phenoxy) is 6. The van der Waals surface area contributed by atoms with Crippen molar-refractivity contribution in [1.29, 1.82) is 0 Å². The fourth-order valence-electron chi connectivity index (χ4n) is 9.93. The van der Waals surface area contributed by atoms with Crippen molar-refractivity contribution >= 4 is 39.1 Å². The van der Waals surface area contributed by atoms with Gasteiger partial charge in [-0.1, -0.05) is 48.0 Å². The molecular weight excluding hydrogens is 1030 g/mol. The fourth-order valence-corrected chi connectivity index (χ4v) is 11.3. The van der Waals surface area contributed by atoms with Crippen LogP contribution in [0.5, 0.6) is 17.4 Å². The molecule has 0 spiro atoms. The van der Waals surface area contributed by atoms with Crippen molar-refractivity contribution < 1.29 is 52.9 Å². The zero-order chi connectivity index (χ0) is 53.7. The Hall–Kier alpha value is -6.23. The second-order valence-corrected chi connectivity index (χ2v) is 20.9. The van der Waals surface area contributed by atoms with E-state index in [1.165, 1.54) is 36.9 Å². The average molecular weight is 1090 g/mol. The van der Waals surface area contributed by atoms with Gasteiger partial charge in [0.2, 0.25) is 12.0 Å². The molecule has 11 rings (SSSR count). The Bertz CT molecular complexity index is 3180. The molecule has 6 atom stereocenters. The molecule has 17 nitrogen and oxygen atoms in total. The molecule has 7 aromatic rings. The van der Waals surface area contributed by atoms with Crippen LogP contribution in [-0.2, 0) is 45.1 Å². The summed E-state index contributed by atoms with van der Waals surface area (Å²) in [6, 6.07) is 25.3. The van der Waals surface area contributed by atoms with Crippen LogP contribution in [0.25, 0.3) is 43.2 Å². The molecule has 0 aliphatic carbocycles. The van der Waals surface area contributed by atoms with Gasteiger partial charge in [0, 0.05) is 93.1 Å². The lowest BCUT2D eigenvalue weighted by molar-refractivity contribution is -0.293. The van der Waals surface area contributed by atoms with E-state index >= 15 is 0 Å². The van der Waals surface area contributed by atoms with Crippen LogP contribution >= 0.6 is 22.9 Å². The monoisotopic (exact) mass is 1090 g/mol. The number of benzene rings is 4. The van der Waals surface area contributed by atoms with Gasteiger partial charge in [-0.2, -0.15) is 0 Å². The highest BCUT2D eigenvalue weighted by atomic mass is 35.5. The molecule has 4 bridgehead atoms. The second kappa shape index (κ2) is 24.2. The van der Waals surface area contributed by atoms with E-state index in [9.17, 15) is 24.5 Å². The summed E-state index contributed by atoms with van der Waals surface area (Å²) in [5.41, 5.74) is 7.18. The third-order valence-corrected chi connectivity index (χ3v) is 15.9. The number of hydrogen-bond donors (Lipinski definition) is 3. The van der Waals surface area contributed by atoms with Gasteiger partial charge in [-0.3, -0.25) is 9.80 Å². The van der Waals surface area contributed by atoms with Crippen LogP contribution in [0.4, 0.5) is 4.39 Å². The third-order valence-electron chi connectivity index (χ3n) is 14.3. The van der Waals surface area contributed by atoms with Gasteiger partial charge in [-0.15, -0.1) is 11.3 Å². The number of carbonyl (C=O) groups excluding carboxylic acids is 1. The molecule has 2 fully saturated rings. The number of likely N-dealkylation sites (N-methyl/N-ethyl adjacent to an activating group) is 1. The molecule has 3 N–H and O–H groups in total. The van der Waals surface area contributed by atoms with E-state index in [0.29, 0.717) is 62.5 Å². The first-order valence-electron chi connectivity index (χ1n) is 25.6. The molecule has 20 heteroatoms. The summed E-state index contributed by atoms with van der Waals surface area (Å²) in [4.78, 5) is 41.6. The van der Waals surface area contributed by atoms with Crippen LogP contribution < -0.4 is 14.2 Å². The van der Waals surface area contributed by atoms with Crippen molar-refractivity contribution in [2.45, 2.75) is 76.8 Å². The first-order chi connectivity index (χ1) is 37.3. The van der Waals surface area contributed by atoms with E-state index in [1.807, 2.05) is 19.1 Å². The number of aliphatic hydroxyl groups is 3. The summed E-state index contributed by atoms with van der Waals surface area (Å²) >= 11 is 8.87. The Kier molecular flexibility index (Phi) is 17.0. The minimum Gasteiger partial charge on any atom is -0.491 e. The number of carbonyl (C=O) groups is 1. The number of aromatic nitrogens is 4. The number of hydrogen-bond acceptors (Lipinski definition) is 18. The lowest BCUT2D eigenvalue weighted by Crippen LogP contribution is -2.59. The first kappa shape index (κ1) is 54.1. The van der Waals surface area contributed by atoms with E-state index < -0.39 is 42.8 Å². The average Bonchev–Trinajstić information content (AvgIpc) is 4.01. The largest absolute Gasteiger partial charge is 0.491 e. The molecule has 0 amide bonds. The molecule has 3 aromatic heterocycles. The summed E-state index contributed by atoms with van der Waals surface area (Å²) in [6.45, 7) is 10.6. The fraction of sp³-hybridized carbons (Fsp3) is 0.386. The van der Waals surface area contributed by atoms with Gasteiger partial charge in [0.1, 0.15) is 66.1 Å². The summed E-state index contributed by atoms with van der Waals surface area (Å²) in [6.07, 6.45) is -4.37. The summed E-state index contributed by atoms with van der Waals surface area (Å²) in [7, 11) is 3.49. The number of piperazine rings is 1. The molecule has 4 aliphatic rings. The van der Waals surface area contributed by atoms with E-state index in [4.69, 9.17) is 50.0 Å². The van der Waals surface area contributed by atoms with Gasteiger partial charge in [0.25, 0.3) is 0 Å². The Labute approximate surface area is 454 Å². The molecular formula is C57H61ClFN7O10S. The van der Waals surface area contributed by atoms with Crippen LogP contribution in [0.1, 0.15) is 34.9 Å². The summed E-state index contributed by atoms with van der Waals surface area (Å²) in [5, 5.41) is 32.1. The quantitative estimate of drug-likeness (QED) is 0.0932. The molecule has 0 unspecified atom stereocenters. The lowest BCUT2D eigenvalue weighted by atomic mass is 9.94. The smallest absolute Gasteiger partial charge is 0.347 e. The molecule has 77 heavy (non-hydrogen) atoms. The molecule has 0 radical (unpaired) electrons. The van der Waals surface area contributed by atoms with Gasteiger partial charge in [-0.05, 0) is 103 Å². The van der Waals surface area contributed by atoms with Gasteiger partial charge in [0.05, 0.1) is 17.7 Å². The van der Waals surface area contributed by atoms with Gasteiger partial charge in [-0.25, -0.2) is 29.1 Å². The van der Waals surface area contributed by atoms with Crippen molar-refractivity contribution in [2.24, 2.45) is 0 Å². The zero-order valence-corrected chi connectivity index (χ0v) is 44.8. The number of fused-ring (bicyclic) bond motifs is 6. The van der Waals surface area contributed by atoms with Crippen molar-refractivity contribution in [1.82, 2.24) is 34.6 Å². The minimum atomic E-state index is -1.46. The molecule has 0 saturated carbocycles. The molecule has 404 valence electrons. The van der Waals surface area contributed by atoms with Crippen LogP contribution in [0, 0.1) is 12.7 Å². The predicted molar refractivity (Wildman–Crippen MR) is 288 cm³/mol. The van der Waals surface area contributed by atoms with Crippen molar-refractivity contribution in [3.63, 3.8) is 0 Å². The van der Waals surface area contributed by atoms with E-state index in [0.717, 1.165) is 77.5 Å². The number of esters is 1. The Morgan fingerprint density at radius 1 is 0.857 bits per heavy atom. The maximum atomic E-state index is 14.4. The minimum absolute atomic E-state index is 0.0578. The molecule has 7 heterocycles. The number of rotatable bonds is 14. The molecule has 4 aliphatic heterocycles. The van der Waals surface area contributed by atoms with Crippen molar-refractivity contribution in [2.75, 3.05) is 66.6 Å². The topological polar surface area (TPSA) is 194 Å². The van der Waals surface area contributed by atoms with E-state index in [2.05, 4.69) is 49.9 Å².